The van der Waals surface area contributed by atoms with Crippen LogP contribution in [0.25, 0.3) is 0 Å². The van der Waals surface area contributed by atoms with E-state index in [9.17, 15) is 5.11 Å². The van der Waals surface area contributed by atoms with E-state index in [1.165, 1.54) is 19.8 Å². The van der Waals surface area contributed by atoms with Crippen molar-refractivity contribution in [3.05, 3.63) is 53.6 Å². The lowest BCUT2D eigenvalue weighted by molar-refractivity contribution is 0.339. The van der Waals surface area contributed by atoms with Gasteiger partial charge in [-0.1, -0.05) is 30.3 Å². The lowest BCUT2D eigenvalue weighted by Gasteiger charge is -2.14. The monoisotopic (exact) mass is 343 g/mol. The Bertz CT molecular complexity index is 677. The van der Waals surface area contributed by atoms with Crippen molar-refractivity contribution in [1.82, 2.24) is 10.6 Å². The van der Waals surface area contributed by atoms with Gasteiger partial charge in [-0.15, -0.1) is 0 Å². The highest BCUT2D eigenvalue weighted by atomic mass is 16.5. The van der Waals surface area contributed by atoms with Crippen LogP contribution in [0.4, 0.5) is 0 Å². The molecule has 0 unspecified atom stereocenters. The summed E-state index contributed by atoms with van der Waals surface area (Å²) in [6.45, 7) is 1.31. The number of nitrogens with one attached hydrogen (secondary N) is 2. The summed E-state index contributed by atoms with van der Waals surface area (Å²) in [5, 5.41) is 16.5. The Balaban J connectivity index is 1.90. The van der Waals surface area contributed by atoms with E-state index in [-0.39, 0.29) is 5.75 Å². The van der Waals surface area contributed by atoms with Gasteiger partial charge in [0.1, 0.15) is 0 Å². The van der Waals surface area contributed by atoms with Crippen LogP contribution in [0.5, 0.6) is 17.2 Å². The summed E-state index contributed by atoms with van der Waals surface area (Å²) in [4.78, 5) is 4.22. The van der Waals surface area contributed by atoms with Gasteiger partial charge in [0.05, 0.1) is 14.2 Å². The predicted molar refractivity (Wildman–Crippen MR) is 99.6 cm³/mol. The maximum atomic E-state index is 9.95. The van der Waals surface area contributed by atoms with Crippen molar-refractivity contribution < 1.29 is 14.6 Å². The van der Waals surface area contributed by atoms with Gasteiger partial charge in [-0.25, -0.2) is 0 Å². The van der Waals surface area contributed by atoms with Crippen LogP contribution in [0.1, 0.15) is 11.1 Å². The third kappa shape index (κ3) is 5.31. The molecule has 0 saturated heterocycles. The van der Waals surface area contributed by atoms with Crippen molar-refractivity contribution in [2.24, 2.45) is 4.99 Å². The van der Waals surface area contributed by atoms with E-state index < -0.39 is 0 Å². The molecule has 25 heavy (non-hydrogen) atoms. The van der Waals surface area contributed by atoms with E-state index in [0.717, 1.165) is 18.5 Å². The van der Waals surface area contributed by atoms with Crippen molar-refractivity contribution in [3.63, 3.8) is 0 Å². The number of hydrogen-bond acceptors (Lipinski definition) is 4. The molecule has 0 radical (unpaired) electrons. The second kappa shape index (κ2) is 9.42. The molecule has 0 heterocycles. The lowest BCUT2D eigenvalue weighted by atomic mass is 10.1. The number of rotatable bonds is 7. The quantitative estimate of drug-likeness (QED) is 0.531. The minimum Gasteiger partial charge on any atom is -0.502 e. The molecule has 0 aromatic heterocycles. The zero-order chi connectivity index (χ0) is 18.1. The molecule has 0 aliphatic carbocycles. The van der Waals surface area contributed by atoms with Crippen molar-refractivity contribution in [1.29, 1.82) is 0 Å². The Kier molecular flexibility index (Phi) is 6.95. The van der Waals surface area contributed by atoms with E-state index in [4.69, 9.17) is 9.47 Å². The molecule has 0 aliphatic heterocycles. The van der Waals surface area contributed by atoms with Crippen LogP contribution in [0.15, 0.2) is 47.5 Å². The Hall–Kier alpha value is -2.89. The fourth-order valence-corrected chi connectivity index (χ4v) is 2.43. The first-order valence-corrected chi connectivity index (χ1v) is 8.10. The number of aromatic hydroxyl groups is 1. The van der Waals surface area contributed by atoms with Crippen LogP contribution in [0.2, 0.25) is 0 Å². The number of aliphatic imine (C=N–C) groups is 1. The first-order chi connectivity index (χ1) is 12.2. The average Bonchev–Trinajstić information content (AvgIpc) is 2.66. The van der Waals surface area contributed by atoms with Crippen LogP contribution < -0.4 is 20.1 Å². The number of guanidine groups is 1. The summed E-state index contributed by atoms with van der Waals surface area (Å²) in [5.41, 5.74) is 2.19. The maximum Gasteiger partial charge on any atom is 0.200 e. The average molecular weight is 343 g/mol. The van der Waals surface area contributed by atoms with Crippen LogP contribution in [-0.4, -0.2) is 38.9 Å². The minimum absolute atomic E-state index is 0.000816. The molecule has 0 aliphatic rings. The molecule has 0 bridgehead atoms. The van der Waals surface area contributed by atoms with Crippen LogP contribution in [0.3, 0.4) is 0 Å². The van der Waals surface area contributed by atoms with Crippen LogP contribution >= 0.6 is 0 Å². The second-order valence-electron chi connectivity index (χ2n) is 5.44. The molecule has 0 amide bonds. The molecule has 0 spiro atoms. The number of hydrogen-bond donors (Lipinski definition) is 3. The van der Waals surface area contributed by atoms with Gasteiger partial charge in [0, 0.05) is 20.1 Å². The van der Waals surface area contributed by atoms with Gasteiger partial charge in [-0.05, 0) is 29.7 Å². The Morgan fingerprint density at radius 2 is 1.64 bits per heavy atom. The Morgan fingerprint density at radius 1 is 1.00 bits per heavy atom. The predicted octanol–water partition coefficient (Wildman–Crippen LogP) is 2.32. The molecule has 0 fully saturated rings. The summed E-state index contributed by atoms with van der Waals surface area (Å²) >= 11 is 0. The molecule has 6 nitrogen and oxygen atoms in total. The van der Waals surface area contributed by atoms with E-state index in [1.807, 2.05) is 18.2 Å². The van der Waals surface area contributed by atoms with Gasteiger partial charge in [0.2, 0.25) is 5.75 Å². The fraction of sp³-hybridized carbons (Fsp3) is 0.316. The summed E-state index contributed by atoms with van der Waals surface area (Å²) in [7, 11) is 4.75. The lowest BCUT2D eigenvalue weighted by Crippen LogP contribution is -2.37. The van der Waals surface area contributed by atoms with Gasteiger partial charge < -0.3 is 25.2 Å². The smallest absolute Gasteiger partial charge is 0.200 e. The van der Waals surface area contributed by atoms with Crippen molar-refractivity contribution in [3.8, 4) is 17.2 Å². The van der Waals surface area contributed by atoms with Crippen molar-refractivity contribution in [2.45, 2.75) is 13.0 Å². The van der Waals surface area contributed by atoms with Crippen LogP contribution in [0, 0.1) is 0 Å². The van der Waals surface area contributed by atoms with Crippen molar-refractivity contribution >= 4 is 5.96 Å². The SMILES string of the molecule is CN=C(NCCc1ccccc1)NCc1cc(OC)c(O)c(OC)c1. The van der Waals surface area contributed by atoms with E-state index in [0.29, 0.717) is 24.0 Å². The molecular formula is C19H25N3O3. The van der Waals surface area contributed by atoms with E-state index in [1.54, 1.807) is 19.2 Å². The van der Waals surface area contributed by atoms with Gasteiger partial charge in [0.15, 0.2) is 17.5 Å². The highest BCUT2D eigenvalue weighted by Gasteiger charge is 2.11. The number of nitrogens with zero attached hydrogens (tertiary/aromatic N) is 1. The molecule has 2 aromatic carbocycles. The number of methoxy groups -OCH3 is 2. The molecule has 134 valence electrons. The topological polar surface area (TPSA) is 75.1 Å². The molecule has 0 saturated carbocycles. The second-order valence-corrected chi connectivity index (χ2v) is 5.44. The third-order valence-electron chi connectivity index (χ3n) is 3.77. The number of benzene rings is 2. The summed E-state index contributed by atoms with van der Waals surface area (Å²) in [6, 6.07) is 13.8. The molecule has 3 N–H and O–H groups in total. The zero-order valence-electron chi connectivity index (χ0n) is 14.9. The Morgan fingerprint density at radius 3 is 2.20 bits per heavy atom. The number of phenols is 1. The molecular weight excluding hydrogens is 318 g/mol. The molecule has 2 rings (SSSR count). The molecule has 6 heteroatoms. The van der Waals surface area contributed by atoms with Gasteiger partial charge >= 0.3 is 0 Å². The molecule has 0 atom stereocenters. The van der Waals surface area contributed by atoms with Gasteiger partial charge in [-0.2, -0.15) is 0 Å². The molecule has 2 aromatic rings. The first kappa shape index (κ1) is 18.4. The minimum atomic E-state index is -0.000816. The highest BCUT2D eigenvalue weighted by Crippen LogP contribution is 2.36. The largest absolute Gasteiger partial charge is 0.502 e. The fourth-order valence-electron chi connectivity index (χ4n) is 2.43. The highest BCUT2D eigenvalue weighted by molar-refractivity contribution is 5.79. The summed E-state index contributed by atoms with van der Waals surface area (Å²) in [5.74, 6) is 1.47. The summed E-state index contributed by atoms with van der Waals surface area (Å²) in [6.07, 6.45) is 0.919. The standard InChI is InChI=1S/C19H25N3O3/c1-20-19(21-10-9-14-7-5-4-6-8-14)22-13-15-11-16(24-2)18(23)17(12-15)25-3/h4-8,11-12,23H,9-10,13H2,1-3H3,(H2,20,21,22). The van der Waals surface area contributed by atoms with E-state index >= 15 is 0 Å². The number of phenolic OH excluding ortho intramolecular Hbond substituents is 1. The normalized spacial score (nSPS) is 11.1. The van der Waals surface area contributed by atoms with Crippen molar-refractivity contribution in [2.75, 3.05) is 27.8 Å². The van der Waals surface area contributed by atoms with E-state index in [2.05, 4.69) is 27.8 Å². The maximum absolute atomic E-state index is 9.95. The van der Waals surface area contributed by atoms with Gasteiger partial charge in [0.25, 0.3) is 0 Å². The Labute approximate surface area is 148 Å². The van der Waals surface area contributed by atoms with Crippen LogP contribution in [-0.2, 0) is 13.0 Å². The first-order valence-electron chi connectivity index (χ1n) is 8.10. The van der Waals surface area contributed by atoms with Gasteiger partial charge in [-0.3, -0.25) is 4.99 Å². The summed E-state index contributed by atoms with van der Waals surface area (Å²) < 4.78 is 10.3. The number of ether oxygens (including phenoxy) is 2. The third-order valence-corrected chi connectivity index (χ3v) is 3.77. The zero-order valence-corrected chi connectivity index (χ0v) is 14.9.